The molecule has 72 valence electrons. The van der Waals surface area contributed by atoms with Crippen molar-refractivity contribution >= 4 is 11.8 Å². The molecule has 2 atom stereocenters. The molecule has 0 aromatic rings. The molecule has 0 spiro atoms. The summed E-state index contributed by atoms with van der Waals surface area (Å²) in [7, 11) is 0. The van der Waals surface area contributed by atoms with Crippen LogP contribution in [-0.2, 0) is 0 Å². The molecule has 2 unspecified atom stereocenters. The maximum atomic E-state index is 3.63. The molecule has 0 amide bonds. The molecule has 2 N–H and O–H groups in total. The fraction of sp³-hybridized carbons (Fsp3) is 1.00. The van der Waals surface area contributed by atoms with Crippen LogP contribution in [0.25, 0.3) is 0 Å². The van der Waals surface area contributed by atoms with Gasteiger partial charge < -0.3 is 10.6 Å². The van der Waals surface area contributed by atoms with E-state index >= 15 is 0 Å². The highest BCUT2D eigenvalue weighted by molar-refractivity contribution is 7.99. The second kappa shape index (κ2) is 5.84. The fourth-order valence-corrected chi connectivity index (χ4v) is 2.23. The van der Waals surface area contributed by atoms with Gasteiger partial charge in [0.1, 0.15) is 0 Å². The highest BCUT2D eigenvalue weighted by Crippen LogP contribution is 2.04. The van der Waals surface area contributed by atoms with Gasteiger partial charge >= 0.3 is 0 Å². The van der Waals surface area contributed by atoms with Gasteiger partial charge in [-0.25, -0.2) is 0 Å². The van der Waals surface area contributed by atoms with E-state index in [0.29, 0.717) is 6.04 Å². The Labute approximate surface area is 79.9 Å². The molecule has 2 nitrogen and oxygen atoms in total. The van der Waals surface area contributed by atoms with Crippen LogP contribution in [0.1, 0.15) is 20.3 Å². The maximum absolute atomic E-state index is 3.63. The first-order valence-electron chi connectivity index (χ1n) is 4.87. The van der Waals surface area contributed by atoms with Gasteiger partial charge in [-0.05, 0) is 25.6 Å². The molecular weight excluding hydrogens is 168 g/mol. The Hall–Kier alpha value is 0.270. The summed E-state index contributed by atoms with van der Waals surface area (Å²) in [6, 6.07) is 1.39. The number of nitrogens with one attached hydrogen (secondary N) is 2. The van der Waals surface area contributed by atoms with Crippen LogP contribution in [0.5, 0.6) is 0 Å². The summed E-state index contributed by atoms with van der Waals surface area (Å²) in [4.78, 5) is 0. The molecule has 0 saturated carbocycles. The van der Waals surface area contributed by atoms with Crippen LogP contribution in [0.3, 0.4) is 0 Å². The highest BCUT2D eigenvalue weighted by Gasteiger charge is 2.15. The lowest BCUT2D eigenvalue weighted by Gasteiger charge is -2.17. The van der Waals surface area contributed by atoms with E-state index in [1.165, 1.54) is 24.5 Å². The van der Waals surface area contributed by atoms with Crippen LogP contribution >= 0.6 is 11.8 Å². The van der Waals surface area contributed by atoms with Crippen LogP contribution in [0.4, 0.5) is 0 Å². The minimum atomic E-state index is 0.667. The highest BCUT2D eigenvalue weighted by atomic mass is 32.2. The molecule has 1 rings (SSSR count). The summed E-state index contributed by atoms with van der Waals surface area (Å²) in [5.41, 5.74) is 0. The Bertz CT molecular complexity index is 113. The minimum Gasteiger partial charge on any atom is -0.315 e. The Kier molecular flexibility index (Phi) is 5.04. The largest absolute Gasteiger partial charge is 0.315 e. The van der Waals surface area contributed by atoms with E-state index < -0.39 is 0 Å². The lowest BCUT2D eigenvalue weighted by Crippen LogP contribution is -2.39. The lowest BCUT2D eigenvalue weighted by molar-refractivity contribution is 0.493. The molecule has 1 fully saturated rings. The van der Waals surface area contributed by atoms with Crippen molar-refractivity contribution in [3.63, 3.8) is 0 Å². The zero-order chi connectivity index (χ0) is 8.81. The molecule has 0 aliphatic carbocycles. The van der Waals surface area contributed by atoms with Gasteiger partial charge in [0.25, 0.3) is 0 Å². The first kappa shape index (κ1) is 10.4. The molecule has 1 heterocycles. The van der Waals surface area contributed by atoms with Crippen molar-refractivity contribution in [3.05, 3.63) is 0 Å². The quantitative estimate of drug-likeness (QED) is 0.675. The summed E-state index contributed by atoms with van der Waals surface area (Å²) in [6.07, 6.45) is 1.29. The molecule has 1 aliphatic heterocycles. The Morgan fingerprint density at radius 3 is 3.08 bits per heavy atom. The zero-order valence-electron chi connectivity index (χ0n) is 8.10. The normalized spacial score (nSPS) is 26.0. The zero-order valence-corrected chi connectivity index (χ0v) is 8.91. The number of hydrogen-bond donors (Lipinski definition) is 2. The fourth-order valence-electron chi connectivity index (χ4n) is 1.54. The average molecular weight is 188 g/mol. The molecule has 3 heteroatoms. The van der Waals surface area contributed by atoms with E-state index in [4.69, 9.17) is 0 Å². The number of hydrogen-bond acceptors (Lipinski definition) is 3. The lowest BCUT2D eigenvalue weighted by atomic mass is 10.2. The van der Waals surface area contributed by atoms with E-state index in [-0.39, 0.29) is 0 Å². The van der Waals surface area contributed by atoms with E-state index in [1.54, 1.807) is 0 Å². The van der Waals surface area contributed by atoms with Crippen LogP contribution < -0.4 is 10.6 Å². The molecule has 0 aromatic heterocycles. The molecule has 0 bridgehead atoms. The summed E-state index contributed by atoms with van der Waals surface area (Å²) in [5, 5.41) is 6.99. The van der Waals surface area contributed by atoms with Crippen LogP contribution in [0.2, 0.25) is 0 Å². The van der Waals surface area contributed by atoms with Crippen molar-refractivity contribution in [1.82, 2.24) is 10.6 Å². The maximum Gasteiger partial charge on any atom is 0.0207 e. The summed E-state index contributed by atoms with van der Waals surface area (Å²) < 4.78 is 0. The number of thioether (sulfide) groups is 1. The van der Waals surface area contributed by atoms with Gasteiger partial charge in [0.2, 0.25) is 0 Å². The van der Waals surface area contributed by atoms with Gasteiger partial charge in [0.15, 0.2) is 0 Å². The Morgan fingerprint density at radius 2 is 2.50 bits per heavy atom. The smallest absolute Gasteiger partial charge is 0.0207 e. The standard InChI is InChI=1S/C9H20N2S/c1-3-12-7-8(2)11-9-4-5-10-6-9/h8-11H,3-7H2,1-2H3. The SMILES string of the molecule is CCSCC(C)NC1CCNC1. The summed E-state index contributed by atoms with van der Waals surface area (Å²) in [6.45, 7) is 6.84. The second-order valence-electron chi connectivity index (χ2n) is 3.42. The van der Waals surface area contributed by atoms with Crippen molar-refractivity contribution in [2.45, 2.75) is 32.4 Å². The van der Waals surface area contributed by atoms with E-state index in [2.05, 4.69) is 24.5 Å². The van der Waals surface area contributed by atoms with Crippen LogP contribution in [-0.4, -0.2) is 36.7 Å². The number of rotatable bonds is 5. The predicted octanol–water partition coefficient (Wildman–Crippen LogP) is 1.08. The average Bonchev–Trinajstić information content (AvgIpc) is 2.53. The topological polar surface area (TPSA) is 24.1 Å². The van der Waals surface area contributed by atoms with Gasteiger partial charge in [-0.2, -0.15) is 11.8 Å². The van der Waals surface area contributed by atoms with Gasteiger partial charge in [0.05, 0.1) is 0 Å². The van der Waals surface area contributed by atoms with Crippen molar-refractivity contribution < 1.29 is 0 Å². The van der Waals surface area contributed by atoms with Gasteiger partial charge in [-0.3, -0.25) is 0 Å². The third-order valence-electron chi connectivity index (χ3n) is 2.15. The van der Waals surface area contributed by atoms with Crippen molar-refractivity contribution in [3.8, 4) is 0 Å². The first-order chi connectivity index (χ1) is 5.83. The Balaban J connectivity index is 2.03. The van der Waals surface area contributed by atoms with E-state index in [9.17, 15) is 0 Å². The molecule has 1 saturated heterocycles. The van der Waals surface area contributed by atoms with Crippen molar-refractivity contribution in [1.29, 1.82) is 0 Å². The molecular formula is C9H20N2S. The second-order valence-corrected chi connectivity index (χ2v) is 4.74. The van der Waals surface area contributed by atoms with Gasteiger partial charge in [0, 0.05) is 24.4 Å². The van der Waals surface area contributed by atoms with Gasteiger partial charge in [-0.1, -0.05) is 6.92 Å². The van der Waals surface area contributed by atoms with Crippen LogP contribution in [0, 0.1) is 0 Å². The third kappa shape index (κ3) is 3.78. The summed E-state index contributed by atoms with van der Waals surface area (Å²) in [5.74, 6) is 2.47. The first-order valence-corrected chi connectivity index (χ1v) is 6.03. The molecule has 0 aromatic carbocycles. The molecule has 1 aliphatic rings. The van der Waals surface area contributed by atoms with E-state index in [0.717, 1.165) is 12.6 Å². The van der Waals surface area contributed by atoms with Crippen LogP contribution in [0.15, 0.2) is 0 Å². The Morgan fingerprint density at radius 1 is 1.67 bits per heavy atom. The predicted molar refractivity (Wildman–Crippen MR) is 56.9 cm³/mol. The minimum absolute atomic E-state index is 0.667. The third-order valence-corrected chi connectivity index (χ3v) is 3.30. The molecule has 0 radical (unpaired) electrons. The summed E-state index contributed by atoms with van der Waals surface area (Å²) >= 11 is 2.02. The van der Waals surface area contributed by atoms with Gasteiger partial charge in [-0.15, -0.1) is 0 Å². The van der Waals surface area contributed by atoms with Crippen molar-refractivity contribution in [2.24, 2.45) is 0 Å². The van der Waals surface area contributed by atoms with E-state index in [1.807, 2.05) is 11.8 Å². The van der Waals surface area contributed by atoms with Crippen molar-refractivity contribution in [2.75, 3.05) is 24.6 Å². The molecule has 12 heavy (non-hydrogen) atoms. The monoisotopic (exact) mass is 188 g/mol.